The number of hydrogen-bond donors (Lipinski definition) is 2. The minimum atomic E-state index is 0.980. The van der Waals surface area contributed by atoms with Crippen molar-refractivity contribution in [2.24, 2.45) is 0 Å². The van der Waals surface area contributed by atoms with Gasteiger partial charge in [-0.3, -0.25) is 0 Å². The lowest BCUT2D eigenvalue weighted by molar-refractivity contribution is 0.708. The molecule has 0 unspecified atom stereocenters. The van der Waals surface area contributed by atoms with Gasteiger partial charge in [0.15, 0.2) is 0 Å². The first-order valence-corrected chi connectivity index (χ1v) is 4.63. The van der Waals surface area contributed by atoms with Crippen molar-refractivity contribution in [1.29, 1.82) is 0 Å². The summed E-state index contributed by atoms with van der Waals surface area (Å²) in [5.74, 6) is 0.980. The van der Waals surface area contributed by atoms with Gasteiger partial charge >= 0.3 is 0 Å². The van der Waals surface area contributed by atoms with Crippen molar-refractivity contribution < 1.29 is 0 Å². The molecular formula is C9H14N4. The number of rotatable bonds is 1. The van der Waals surface area contributed by atoms with Gasteiger partial charge in [-0.1, -0.05) is 0 Å². The van der Waals surface area contributed by atoms with E-state index in [2.05, 4.69) is 20.6 Å². The molecule has 1 aliphatic rings. The van der Waals surface area contributed by atoms with Gasteiger partial charge in [0.2, 0.25) is 0 Å². The van der Waals surface area contributed by atoms with Crippen LogP contribution in [-0.2, 0) is 12.8 Å². The highest BCUT2D eigenvalue weighted by molar-refractivity contribution is 5.46. The lowest BCUT2D eigenvalue weighted by Crippen LogP contribution is -2.16. The van der Waals surface area contributed by atoms with E-state index in [0.717, 1.165) is 31.7 Å². The molecule has 4 heteroatoms. The first-order chi connectivity index (χ1) is 6.42. The van der Waals surface area contributed by atoms with E-state index < -0.39 is 0 Å². The first-order valence-electron chi connectivity index (χ1n) is 4.63. The number of hydrogen-bond acceptors (Lipinski definition) is 4. The van der Waals surface area contributed by atoms with Crippen LogP contribution in [-0.4, -0.2) is 30.1 Å². The fourth-order valence-corrected chi connectivity index (χ4v) is 1.69. The maximum atomic E-state index is 4.30. The van der Waals surface area contributed by atoms with Crippen LogP contribution >= 0.6 is 0 Å². The molecule has 13 heavy (non-hydrogen) atoms. The highest BCUT2D eigenvalue weighted by atomic mass is 15.0. The third-order valence-electron chi connectivity index (χ3n) is 2.36. The summed E-state index contributed by atoms with van der Waals surface area (Å²) in [6.45, 7) is 2.04. The molecule has 1 aliphatic heterocycles. The van der Waals surface area contributed by atoms with Crippen LogP contribution in [0.25, 0.3) is 0 Å². The van der Waals surface area contributed by atoms with Crippen LogP contribution in [0, 0.1) is 0 Å². The van der Waals surface area contributed by atoms with Crippen LogP contribution in [0.1, 0.15) is 11.3 Å². The van der Waals surface area contributed by atoms with Gasteiger partial charge in [-0.05, 0) is 13.0 Å². The summed E-state index contributed by atoms with van der Waals surface area (Å²) < 4.78 is 0. The molecule has 2 N–H and O–H groups in total. The summed E-state index contributed by atoms with van der Waals surface area (Å²) >= 11 is 0. The van der Waals surface area contributed by atoms with Crippen LogP contribution in [0.3, 0.4) is 0 Å². The molecule has 0 amide bonds. The Morgan fingerprint density at radius 2 is 2.15 bits per heavy atom. The Morgan fingerprint density at radius 3 is 3.00 bits per heavy atom. The zero-order valence-corrected chi connectivity index (χ0v) is 7.80. The summed E-state index contributed by atoms with van der Waals surface area (Å²) in [5.41, 5.74) is 2.46. The van der Waals surface area contributed by atoms with Crippen LogP contribution in [0.15, 0.2) is 6.33 Å². The Morgan fingerprint density at radius 1 is 1.31 bits per heavy atom. The fraction of sp³-hybridized carbons (Fsp3) is 0.556. The molecule has 0 saturated carbocycles. The standard InChI is InChI=1S/C9H14N4/c1-10-9-7-2-4-11-5-3-8(7)12-6-13-9/h6,11H,2-5H2,1H3,(H,10,12,13). The summed E-state index contributed by atoms with van der Waals surface area (Å²) in [6, 6.07) is 0. The highest BCUT2D eigenvalue weighted by Crippen LogP contribution is 2.16. The van der Waals surface area contributed by atoms with Crippen LogP contribution < -0.4 is 10.6 Å². The normalized spacial score (nSPS) is 16.1. The maximum absolute atomic E-state index is 4.30. The molecular weight excluding hydrogens is 164 g/mol. The molecule has 2 heterocycles. The van der Waals surface area contributed by atoms with Crippen molar-refractivity contribution >= 4 is 5.82 Å². The van der Waals surface area contributed by atoms with Gasteiger partial charge in [0.05, 0.1) is 5.69 Å². The number of anilines is 1. The maximum Gasteiger partial charge on any atom is 0.132 e. The summed E-state index contributed by atoms with van der Waals surface area (Å²) in [4.78, 5) is 8.50. The average molecular weight is 178 g/mol. The molecule has 0 bridgehead atoms. The van der Waals surface area contributed by atoms with E-state index in [1.165, 1.54) is 11.3 Å². The molecule has 0 radical (unpaired) electrons. The van der Waals surface area contributed by atoms with Crippen LogP contribution in [0.4, 0.5) is 5.82 Å². The molecule has 0 atom stereocenters. The lowest BCUT2D eigenvalue weighted by Gasteiger charge is -2.08. The van der Waals surface area contributed by atoms with E-state index in [-0.39, 0.29) is 0 Å². The van der Waals surface area contributed by atoms with Crippen molar-refractivity contribution in [3.05, 3.63) is 17.6 Å². The number of nitrogens with zero attached hydrogens (tertiary/aromatic N) is 2. The predicted molar refractivity (Wildman–Crippen MR) is 51.9 cm³/mol. The zero-order chi connectivity index (χ0) is 9.10. The van der Waals surface area contributed by atoms with Gasteiger partial charge in [-0.25, -0.2) is 9.97 Å². The molecule has 1 aromatic rings. The van der Waals surface area contributed by atoms with E-state index in [1.807, 2.05) is 7.05 Å². The van der Waals surface area contributed by atoms with Crippen molar-refractivity contribution in [3.8, 4) is 0 Å². The quantitative estimate of drug-likeness (QED) is 0.645. The van der Waals surface area contributed by atoms with Crippen LogP contribution in [0.2, 0.25) is 0 Å². The minimum Gasteiger partial charge on any atom is -0.373 e. The van der Waals surface area contributed by atoms with E-state index >= 15 is 0 Å². The third kappa shape index (κ3) is 1.62. The monoisotopic (exact) mass is 178 g/mol. The SMILES string of the molecule is CNc1ncnc2c1CCNCC2. The zero-order valence-electron chi connectivity index (χ0n) is 7.80. The second-order valence-corrected chi connectivity index (χ2v) is 3.15. The fourth-order valence-electron chi connectivity index (χ4n) is 1.69. The van der Waals surface area contributed by atoms with Gasteiger partial charge < -0.3 is 10.6 Å². The third-order valence-corrected chi connectivity index (χ3v) is 2.36. The van der Waals surface area contributed by atoms with E-state index in [1.54, 1.807) is 6.33 Å². The minimum absolute atomic E-state index is 0.980. The molecule has 2 rings (SSSR count). The van der Waals surface area contributed by atoms with E-state index in [0.29, 0.717) is 0 Å². The highest BCUT2D eigenvalue weighted by Gasteiger charge is 2.12. The Kier molecular flexibility index (Phi) is 2.40. The summed E-state index contributed by atoms with van der Waals surface area (Å²) in [6.07, 6.45) is 3.66. The molecule has 0 saturated heterocycles. The van der Waals surface area contributed by atoms with Crippen molar-refractivity contribution in [2.75, 3.05) is 25.5 Å². The van der Waals surface area contributed by atoms with E-state index in [4.69, 9.17) is 0 Å². The molecule has 0 spiro atoms. The predicted octanol–water partition coefficient (Wildman–Crippen LogP) is 0.206. The Balaban J connectivity index is 2.40. The summed E-state index contributed by atoms with van der Waals surface area (Å²) in [7, 11) is 1.90. The van der Waals surface area contributed by atoms with Crippen molar-refractivity contribution in [1.82, 2.24) is 15.3 Å². The van der Waals surface area contributed by atoms with Crippen LogP contribution in [0.5, 0.6) is 0 Å². The molecule has 1 aromatic heterocycles. The Labute approximate surface area is 77.8 Å². The average Bonchev–Trinajstić information content (AvgIpc) is 2.41. The van der Waals surface area contributed by atoms with Gasteiger partial charge in [0, 0.05) is 25.6 Å². The van der Waals surface area contributed by atoms with Gasteiger partial charge in [-0.15, -0.1) is 0 Å². The second-order valence-electron chi connectivity index (χ2n) is 3.15. The van der Waals surface area contributed by atoms with E-state index in [9.17, 15) is 0 Å². The van der Waals surface area contributed by atoms with Crippen molar-refractivity contribution in [3.63, 3.8) is 0 Å². The number of fused-ring (bicyclic) bond motifs is 1. The topological polar surface area (TPSA) is 49.8 Å². The smallest absolute Gasteiger partial charge is 0.132 e. The largest absolute Gasteiger partial charge is 0.373 e. The second kappa shape index (κ2) is 3.70. The van der Waals surface area contributed by atoms with Gasteiger partial charge in [0.25, 0.3) is 0 Å². The number of aromatic nitrogens is 2. The molecule has 0 aliphatic carbocycles. The molecule has 70 valence electrons. The Hall–Kier alpha value is -1.16. The molecule has 0 fully saturated rings. The summed E-state index contributed by atoms with van der Waals surface area (Å²) in [5, 5.41) is 6.45. The molecule has 0 aromatic carbocycles. The van der Waals surface area contributed by atoms with Gasteiger partial charge in [0.1, 0.15) is 12.1 Å². The number of nitrogens with one attached hydrogen (secondary N) is 2. The molecule has 4 nitrogen and oxygen atoms in total. The Bertz CT molecular complexity index is 298. The van der Waals surface area contributed by atoms with Gasteiger partial charge in [-0.2, -0.15) is 0 Å². The first kappa shape index (κ1) is 8.44. The lowest BCUT2D eigenvalue weighted by atomic mass is 10.1. The van der Waals surface area contributed by atoms with Crippen molar-refractivity contribution in [2.45, 2.75) is 12.8 Å².